The van der Waals surface area contributed by atoms with Gasteiger partial charge in [-0.05, 0) is 43.9 Å². The van der Waals surface area contributed by atoms with Crippen LogP contribution in [0.25, 0.3) is 5.69 Å². The van der Waals surface area contributed by atoms with Gasteiger partial charge in [-0.3, -0.25) is 4.79 Å². The van der Waals surface area contributed by atoms with Crippen LogP contribution in [-0.4, -0.2) is 38.8 Å². The van der Waals surface area contributed by atoms with Gasteiger partial charge in [0.05, 0.1) is 5.69 Å². The van der Waals surface area contributed by atoms with Gasteiger partial charge in [-0.25, -0.2) is 9.67 Å². The Morgan fingerprint density at radius 3 is 2.82 bits per heavy atom. The highest BCUT2D eigenvalue weighted by molar-refractivity contribution is 5.94. The van der Waals surface area contributed by atoms with Crippen molar-refractivity contribution in [1.82, 2.24) is 25.4 Å². The molecule has 2 aliphatic rings. The molecule has 0 aliphatic carbocycles. The molecule has 1 aromatic heterocycles. The van der Waals surface area contributed by atoms with E-state index in [9.17, 15) is 4.79 Å². The lowest BCUT2D eigenvalue weighted by atomic mass is 9.99. The number of nitrogens with zero attached hydrogens (tertiary/aromatic N) is 3. The molecule has 2 bridgehead atoms. The SMILES string of the molecule is O=C(NC1CC2CCC(C1)N2)c1cccc(-n2cncn2)c1. The fourth-order valence-electron chi connectivity index (χ4n) is 3.58. The van der Waals surface area contributed by atoms with E-state index >= 15 is 0 Å². The lowest BCUT2D eigenvalue weighted by Crippen LogP contribution is -2.48. The average Bonchev–Trinajstić information content (AvgIpc) is 3.17. The molecule has 2 atom stereocenters. The Morgan fingerprint density at radius 1 is 1.27 bits per heavy atom. The van der Waals surface area contributed by atoms with E-state index in [2.05, 4.69) is 20.7 Å². The highest BCUT2D eigenvalue weighted by atomic mass is 16.1. The fourth-order valence-corrected chi connectivity index (χ4v) is 3.58. The van der Waals surface area contributed by atoms with E-state index in [-0.39, 0.29) is 11.9 Å². The van der Waals surface area contributed by atoms with Crippen LogP contribution in [0.5, 0.6) is 0 Å². The molecule has 22 heavy (non-hydrogen) atoms. The molecule has 1 amide bonds. The van der Waals surface area contributed by atoms with Gasteiger partial charge in [-0.15, -0.1) is 0 Å². The molecule has 2 aromatic rings. The molecule has 2 saturated heterocycles. The van der Waals surface area contributed by atoms with Crippen molar-refractivity contribution in [2.75, 3.05) is 0 Å². The Kier molecular flexibility index (Phi) is 3.38. The fraction of sp³-hybridized carbons (Fsp3) is 0.438. The first kappa shape index (κ1) is 13.5. The van der Waals surface area contributed by atoms with Crippen molar-refractivity contribution in [2.45, 2.75) is 43.8 Å². The average molecular weight is 297 g/mol. The van der Waals surface area contributed by atoms with Gasteiger partial charge in [0, 0.05) is 23.7 Å². The van der Waals surface area contributed by atoms with Crippen LogP contribution in [0.3, 0.4) is 0 Å². The Bertz CT molecular complexity index is 657. The second-order valence-electron chi connectivity index (χ2n) is 6.17. The number of piperidine rings is 1. The molecule has 2 unspecified atom stereocenters. The van der Waals surface area contributed by atoms with Crippen molar-refractivity contribution in [3.63, 3.8) is 0 Å². The minimum Gasteiger partial charge on any atom is -0.349 e. The summed E-state index contributed by atoms with van der Waals surface area (Å²) in [4.78, 5) is 16.4. The number of carbonyl (C=O) groups is 1. The maximum Gasteiger partial charge on any atom is 0.251 e. The third kappa shape index (κ3) is 2.62. The molecule has 2 fully saturated rings. The van der Waals surface area contributed by atoms with E-state index < -0.39 is 0 Å². The molecule has 3 heterocycles. The number of rotatable bonds is 3. The van der Waals surface area contributed by atoms with Crippen LogP contribution in [-0.2, 0) is 0 Å². The summed E-state index contributed by atoms with van der Waals surface area (Å²) < 4.78 is 1.65. The summed E-state index contributed by atoms with van der Waals surface area (Å²) in [5, 5.41) is 10.9. The van der Waals surface area contributed by atoms with Gasteiger partial charge in [-0.2, -0.15) is 5.10 Å². The Balaban J connectivity index is 1.47. The number of aromatic nitrogens is 3. The van der Waals surface area contributed by atoms with E-state index in [0.717, 1.165) is 18.5 Å². The molecule has 6 heteroatoms. The van der Waals surface area contributed by atoms with Crippen molar-refractivity contribution in [2.24, 2.45) is 0 Å². The molecule has 114 valence electrons. The smallest absolute Gasteiger partial charge is 0.251 e. The molecule has 1 aromatic carbocycles. The number of fused-ring (bicyclic) bond motifs is 2. The van der Waals surface area contributed by atoms with E-state index in [1.54, 1.807) is 11.0 Å². The molecule has 6 nitrogen and oxygen atoms in total. The summed E-state index contributed by atoms with van der Waals surface area (Å²) in [7, 11) is 0. The van der Waals surface area contributed by atoms with E-state index in [0.29, 0.717) is 17.6 Å². The summed E-state index contributed by atoms with van der Waals surface area (Å²) in [6, 6.07) is 8.90. The topological polar surface area (TPSA) is 71.8 Å². The highest BCUT2D eigenvalue weighted by Gasteiger charge is 2.34. The number of nitrogens with one attached hydrogen (secondary N) is 2. The zero-order valence-electron chi connectivity index (χ0n) is 12.3. The molecule has 0 radical (unpaired) electrons. The van der Waals surface area contributed by atoms with Gasteiger partial charge in [0.1, 0.15) is 12.7 Å². The molecule has 4 rings (SSSR count). The standard InChI is InChI=1S/C16H19N5O/c22-16(20-14-7-12-4-5-13(8-14)19-12)11-2-1-3-15(6-11)21-10-17-9-18-21/h1-3,6,9-10,12-14,19H,4-5,7-8H2,(H,20,22). The summed E-state index contributed by atoms with van der Waals surface area (Å²) in [5.74, 6) is -0.00624. The molecule has 2 N–H and O–H groups in total. The van der Waals surface area contributed by atoms with Crippen LogP contribution >= 0.6 is 0 Å². The lowest BCUT2D eigenvalue weighted by Gasteiger charge is -2.29. The minimum atomic E-state index is -0.00624. The lowest BCUT2D eigenvalue weighted by molar-refractivity contribution is 0.0924. The zero-order valence-corrected chi connectivity index (χ0v) is 12.3. The monoisotopic (exact) mass is 297 g/mol. The van der Waals surface area contributed by atoms with Gasteiger partial charge in [0.15, 0.2) is 0 Å². The van der Waals surface area contributed by atoms with Gasteiger partial charge in [-0.1, -0.05) is 6.07 Å². The zero-order chi connectivity index (χ0) is 14.9. The summed E-state index contributed by atoms with van der Waals surface area (Å²) >= 11 is 0. The number of carbonyl (C=O) groups excluding carboxylic acids is 1. The number of hydrogen-bond acceptors (Lipinski definition) is 4. The van der Waals surface area contributed by atoms with Crippen LogP contribution in [0, 0.1) is 0 Å². The third-order valence-corrected chi connectivity index (χ3v) is 4.60. The predicted molar refractivity (Wildman–Crippen MR) is 81.8 cm³/mol. The first-order valence-corrected chi connectivity index (χ1v) is 7.80. The van der Waals surface area contributed by atoms with Crippen molar-refractivity contribution in [1.29, 1.82) is 0 Å². The van der Waals surface area contributed by atoms with Crippen molar-refractivity contribution in [3.05, 3.63) is 42.5 Å². The quantitative estimate of drug-likeness (QED) is 0.895. The van der Waals surface area contributed by atoms with E-state index in [4.69, 9.17) is 0 Å². The molecular formula is C16H19N5O. The Morgan fingerprint density at radius 2 is 2.09 bits per heavy atom. The summed E-state index contributed by atoms with van der Waals surface area (Å²) in [6.07, 6.45) is 7.65. The first-order chi connectivity index (χ1) is 10.8. The van der Waals surface area contributed by atoms with Crippen LogP contribution in [0.4, 0.5) is 0 Å². The normalized spacial score (nSPS) is 26.8. The Hall–Kier alpha value is -2.21. The van der Waals surface area contributed by atoms with Gasteiger partial charge in [0.25, 0.3) is 5.91 Å². The van der Waals surface area contributed by atoms with Crippen molar-refractivity contribution >= 4 is 5.91 Å². The maximum absolute atomic E-state index is 12.5. The third-order valence-electron chi connectivity index (χ3n) is 4.60. The van der Waals surface area contributed by atoms with Crippen molar-refractivity contribution < 1.29 is 4.79 Å². The first-order valence-electron chi connectivity index (χ1n) is 7.80. The molecule has 0 saturated carbocycles. The molecular weight excluding hydrogens is 278 g/mol. The predicted octanol–water partition coefficient (Wildman–Crippen LogP) is 1.28. The molecule has 2 aliphatic heterocycles. The van der Waals surface area contributed by atoms with Gasteiger partial charge < -0.3 is 10.6 Å². The summed E-state index contributed by atoms with van der Waals surface area (Å²) in [5.41, 5.74) is 1.51. The summed E-state index contributed by atoms with van der Waals surface area (Å²) in [6.45, 7) is 0. The number of amides is 1. The number of hydrogen-bond donors (Lipinski definition) is 2. The second-order valence-corrected chi connectivity index (χ2v) is 6.17. The van der Waals surface area contributed by atoms with Crippen molar-refractivity contribution in [3.8, 4) is 5.69 Å². The Labute approximate surface area is 128 Å². The van der Waals surface area contributed by atoms with E-state index in [1.165, 1.54) is 19.2 Å². The minimum absolute atomic E-state index is 0.00624. The second kappa shape index (κ2) is 5.53. The van der Waals surface area contributed by atoms with Gasteiger partial charge >= 0.3 is 0 Å². The number of benzene rings is 1. The van der Waals surface area contributed by atoms with E-state index in [1.807, 2.05) is 24.3 Å². The van der Waals surface area contributed by atoms with Gasteiger partial charge in [0.2, 0.25) is 0 Å². The van der Waals surface area contributed by atoms with Crippen LogP contribution in [0.2, 0.25) is 0 Å². The van der Waals surface area contributed by atoms with Crippen LogP contribution in [0.1, 0.15) is 36.0 Å². The highest BCUT2D eigenvalue weighted by Crippen LogP contribution is 2.27. The maximum atomic E-state index is 12.5. The largest absolute Gasteiger partial charge is 0.349 e. The van der Waals surface area contributed by atoms with Crippen LogP contribution < -0.4 is 10.6 Å². The van der Waals surface area contributed by atoms with Crippen LogP contribution in [0.15, 0.2) is 36.9 Å². The molecule has 0 spiro atoms.